The van der Waals surface area contributed by atoms with Gasteiger partial charge in [-0.1, -0.05) is 18.2 Å². The fourth-order valence-electron chi connectivity index (χ4n) is 3.06. The zero-order valence-corrected chi connectivity index (χ0v) is 14.9. The highest BCUT2D eigenvalue weighted by Crippen LogP contribution is 2.21. The summed E-state index contributed by atoms with van der Waals surface area (Å²) < 4.78 is 1.94. The van der Waals surface area contributed by atoms with E-state index in [9.17, 15) is 0 Å². The predicted molar refractivity (Wildman–Crippen MR) is 103 cm³/mol. The van der Waals surface area contributed by atoms with Crippen molar-refractivity contribution in [3.63, 3.8) is 0 Å². The van der Waals surface area contributed by atoms with Gasteiger partial charge in [0.2, 0.25) is 0 Å². The van der Waals surface area contributed by atoms with E-state index in [1.807, 2.05) is 16.9 Å². The van der Waals surface area contributed by atoms with E-state index in [0.29, 0.717) is 0 Å². The Balaban J connectivity index is 1.44. The van der Waals surface area contributed by atoms with Gasteiger partial charge in [0.25, 0.3) is 0 Å². The first kappa shape index (κ1) is 17.1. The van der Waals surface area contributed by atoms with E-state index < -0.39 is 0 Å². The molecule has 0 unspecified atom stereocenters. The third-order valence-corrected chi connectivity index (χ3v) is 4.33. The number of guanidine groups is 1. The second kappa shape index (κ2) is 8.37. The Labute approximate surface area is 148 Å². The highest BCUT2D eigenvalue weighted by atomic mass is 15.3. The molecule has 0 aliphatic carbocycles. The lowest BCUT2D eigenvalue weighted by atomic mass is 10.1. The lowest BCUT2D eigenvalue weighted by Crippen LogP contribution is -2.39. The smallest absolute Gasteiger partial charge is 0.190 e. The number of hydrogen-bond acceptors (Lipinski definition) is 2. The Hall–Kier alpha value is -2.76. The molecule has 0 saturated heterocycles. The highest BCUT2D eigenvalue weighted by Gasteiger charge is 2.07. The quantitative estimate of drug-likeness (QED) is 0.352. The topological polar surface area (TPSA) is 70.0 Å². The number of aryl methyl sites for hydroxylation is 2. The van der Waals surface area contributed by atoms with E-state index in [-0.39, 0.29) is 0 Å². The van der Waals surface area contributed by atoms with Crippen molar-refractivity contribution in [1.29, 1.82) is 0 Å². The van der Waals surface area contributed by atoms with Crippen molar-refractivity contribution in [1.82, 2.24) is 25.4 Å². The summed E-state index contributed by atoms with van der Waals surface area (Å²) in [5.74, 6) is 0.845. The Bertz CT molecular complexity index is 816. The first-order valence-corrected chi connectivity index (χ1v) is 8.76. The molecule has 0 bridgehead atoms. The number of rotatable bonds is 7. The van der Waals surface area contributed by atoms with E-state index in [1.165, 1.54) is 22.2 Å². The predicted octanol–water partition coefficient (Wildman–Crippen LogP) is 2.47. The van der Waals surface area contributed by atoms with E-state index >= 15 is 0 Å². The number of para-hydroxylation sites is 1. The highest BCUT2D eigenvalue weighted by molar-refractivity contribution is 5.84. The minimum atomic E-state index is 0.845. The average Bonchev–Trinajstić information content (AvgIpc) is 3.25. The Kier molecular flexibility index (Phi) is 5.72. The van der Waals surface area contributed by atoms with Gasteiger partial charge in [0, 0.05) is 55.7 Å². The SMILES string of the molecule is CN=C(NCCCn1cccn1)NCCc1c(C)[nH]c2ccccc12. The molecule has 6 nitrogen and oxygen atoms in total. The zero-order valence-electron chi connectivity index (χ0n) is 14.9. The molecule has 2 heterocycles. The number of benzene rings is 1. The van der Waals surface area contributed by atoms with Gasteiger partial charge < -0.3 is 15.6 Å². The lowest BCUT2D eigenvalue weighted by Gasteiger charge is -2.12. The van der Waals surface area contributed by atoms with Crippen molar-refractivity contribution < 1.29 is 0 Å². The van der Waals surface area contributed by atoms with Crippen molar-refractivity contribution in [2.75, 3.05) is 20.1 Å². The molecule has 1 aromatic carbocycles. The number of fused-ring (bicyclic) bond motifs is 1. The molecular weight excluding hydrogens is 312 g/mol. The van der Waals surface area contributed by atoms with Crippen molar-refractivity contribution in [3.8, 4) is 0 Å². The summed E-state index contributed by atoms with van der Waals surface area (Å²) in [4.78, 5) is 7.74. The van der Waals surface area contributed by atoms with Crippen LogP contribution in [0.4, 0.5) is 0 Å². The van der Waals surface area contributed by atoms with Gasteiger partial charge in [-0.25, -0.2) is 0 Å². The molecule has 0 aliphatic rings. The maximum Gasteiger partial charge on any atom is 0.190 e. The molecule has 3 rings (SSSR count). The van der Waals surface area contributed by atoms with Crippen LogP contribution in [0.2, 0.25) is 0 Å². The van der Waals surface area contributed by atoms with Gasteiger partial charge >= 0.3 is 0 Å². The molecule has 25 heavy (non-hydrogen) atoms. The first-order chi connectivity index (χ1) is 12.3. The summed E-state index contributed by atoms with van der Waals surface area (Å²) in [5, 5.41) is 12.3. The minimum absolute atomic E-state index is 0.845. The maximum atomic E-state index is 4.29. The molecule has 0 fully saturated rings. The van der Waals surface area contributed by atoms with Crippen LogP contribution in [0.5, 0.6) is 0 Å². The first-order valence-electron chi connectivity index (χ1n) is 8.76. The molecular formula is C19H26N6. The van der Waals surface area contributed by atoms with Crippen LogP contribution < -0.4 is 10.6 Å². The summed E-state index contributed by atoms with van der Waals surface area (Å²) in [7, 11) is 1.81. The lowest BCUT2D eigenvalue weighted by molar-refractivity contribution is 0.570. The van der Waals surface area contributed by atoms with Gasteiger partial charge in [-0.2, -0.15) is 5.10 Å². The monoisotopic (exact) mass is 338 g/mol. The van der Waals surface area contributed by atoms with Crippen LogP contribution in [-0.2, 0) is 13.0 Å². The van der Waals surface area contributed by atoms with Gasteiger partial charge in [0.15, 0.2) is 5.96 Å². The Morgan fingerprint density at radius 2 is 2.04 bits per heavy atom. The van der Waals surface area contributed by atoms with E-state index in [1.54, 1.807) is 13.2 Å². The molecule has 0 radical (unpaired) electrons. The Morgan fingerprint density at radius 3 is 2.84 bits per heavy atom. The molecule has 0 spiro atoms. The van der Waals surface area contributed by atoms with Crippen LogP contribution in [0.3, 0.4) is 0 Å². The van der Waals surface area contributed by atoms with Crippen LogP contribution in [0.15, 0.2) is 47.7 Å². The molecule has 0 aliphatic heterocycles. The van der Waals surface area contributed by atoms with Crippen molar-refractivity contribution in [2.24, 2.45) is 4.99 Å². The number of nitrogens with one attached hydrogen (secondary N) is 3. The van der Waals surface area contributed by atoms with Crippen molar-refractivity contribution in [2.45, 2.75) is 26.3 Å². The molecule has 0 atom stereocenters. The van der Waals surface area contributed by atoms with Crippen molar-refractivity contribution >= 4 is 16.9 Å². The summed E-state index contributed by atoms with van der Waals surface area (Å²) >= 11 is 0. The van der Waals surface area contributed by atoms with Crippen LogP contribution in [0.25, 0.3) is 10.9 Å². The van der Waals surface area contributed by atoms with Crippen molar-refractivity contribution in [3.05, 3.63) is 54.0 Å². The fraction of sp³-hybridized carbons (Fsp3) is 0.368. The van der Waals surface area contributed by atoms with Gasteiger partial charge in [-0.3, -0.25) is 9.67 Å². The number of aromatic amines is 1. The largest absolute Gasteiger partial charge is 0.358 e. The minimum Gasteiger partial charge on any atom is -0.358 e. The third kappa shape index (κ3) is 4.41. The van der Waals surface area contributed by atoms with Gasteiger partial charge in [-0.05, 0) is 37.5 Å². The normalized spacial score (nSPS) is 11.8. The van der Waals surface area contributed by atoms with E-state index in [2.05, 4.69) is 56.9 Å². The average molecular weight is 338 g/mol. The van der Waals surface area contributed by atoms with Gasteiger partial charge in [-0.15, -0.1) is 0 Å². The van der Waals surface area contributed by atoms with E-state index in [4.69, 9.17) is 0 Å². The molecule has 6 heteroatoms. The number of aromatic nitrogens is 3. The van der Waals surface area contributed by atoms with Crippen LogP contribution in [-0.4, -0.2) is 40.9 Å². The second-order valence-electron chi connectivity index (χ2n) is 6.07. The number of aliphatic imine (C=N–C) groups is 1. The maximum absolute atomic E-state index is 4.29. The number of H-pyrrole nitrogens is 1. The molecule has 0 amide bonds. The Morgan fingerprint density at radius 1 is 1.20 bits per heavy atom. The molecule has 132 valence electrons. The molecule has 2 aromatic heterocycles. The van der Waals surface area contributed by atoms with E-state index in [0.717, 1.165) is 38.4 Å². The van der Waals surface area contributed by atoms with Crippen LogP contribution in [0, 0.1) is 6.92 Å². The second-order valence-corrected chi connectivity index (χ2v) is 6.07. The van der Waals surface area contributed by atoms with Crippen LogP contribution >= 0.6 is 0 Å². The summed E-state index contributed by atoms with van der Waals surface area (Å²) in [5.41, 5.74) is 3.82. The van der Waals surface area contributed by atoms with Crippen LogP contribution in [0.1, 0.15) is 17.7 Å². The standard InChI is InChI=1S/C19H26N6/c1-15-16(17-7-3-4-8-18(17)24-15)9-12-22-19(20-2)21-10-5-13-25-14-6-11-23-25/h3-4,6-8,11,14,24H,5,9-10,12-13H2,1-2H3,(H2,20,21,22). The molecule has 3 aromatic rings. The summed E-state index contributed by atoms with van der Waals surface area (Å²) in [6, 6.07) is 10.4. The third-order valence-electron chi connectivity index (χ3n) is 4.33. The zero-order chi connectivity index (χ0) is 17.5. The molecule has 3 N–H and O–H groups in total. The summed E-state index contributed by atoms with van der Waals surface area (Å²) in [6.45, 7) is 4.76. The number of nitrogens with zero attached hydrogens (tertiary/aromatic N) is 3. The van der Waals surface area contributed by atoms with Gasteiger partial charge in [0.1, 0.15) is 0 Å². The number of hydrogen-bond donors (Lipinski definition) is 3. The molecule has 0 saturated carbocycles. The van der Waals surface area contributed by atoms with Gasteiger partial charge in [0.05, 0.1) is 0 Å². The fourth-order valence-corrected chi connectivity index (χ4v) is 3.06. The summed E-state index contributed by atoms with van der Waals surface area (Å²) in [6.07, 6.45) is 5.75.